The molecule has 2 aromatic carbocycles. The van der Waals surface area contributed by atoms with Crippen LogP contribution in [0.1, 0.15) is 37.3 Å². The van der Waals surface area contributed by atoms with Crippen molar-refractivity contribution in [3.8, 4) is 11.5 Å². The van der Waals surface area contributed by atoms with Crippen molar-refractivity contribution in [2.24, 2.45) is 0 Å². The molecule has 2 heterocycles. The second-order valence-electron chi connectivity index (χ2n) is 8.44. The van der Waals surface area contributed by atoms with Crippen LogP contribution in [0.15, 0.2) is 42.0 Å². The largest absolute Gasteiger partial charge is 0.493 e. The molecule has 33 heavy (non-hydrogen) atoms. The van der Waals surface area contributed by atoms with E-state index in [0.717, 1.165) is 48.6 Å². The predicted molar refractivity (Wildman–Crippen MR) is 137 cm³/mol. The maximum Gasteiger partial charge on any atom is 0.253 e. The fourth-order valence-electron chi connectivity index (χ4n) is 4.45. The molecule has 7 heteroatoms. The number of hydrogen-bond donors (Lipinski definition) is 0. The maximum absolute atomic E-state index is 13.2. The van der Waals surface area contributed by atoms with Gasteiger partial charge in [0.1, 0.15) is 6.61 Å². The van der Waals surface area contributed by atoms with Gasteiger partial charge in [-0.05, 0) is 68.6 Å². The summed E-state index contributed by atoms with van der Waals surface area (Å²) in [7, 11) is 1.66. The highest BCUT2D eigenvalue weighted by atomic mass is 35.5. The van der Waals surface area contributed by atoms with Crippen molar-refractivity contribution < 1.29 is 14.3 Å². The van der Waals surface area contributed by atoms with Crippen LogP contribution in [0, 0.1) is 0 Å². The molecule has 0 aromatic heterocycles. The Labute approximate surface area is 207 Å². The van der Waals surface area contributed by atoms with Gasteiger partial charge >= 0.3 is 0 Å². The first-order valence-electron chi connectivity index (χ1n) is 11.4. The summed E-state index contributed by atoms with van der Waals surface area (Å²) in [6, 6.07) is 11.5. The number of methoxy groups -OCH3 is 1. The van der Waals surface area contributed by atoms with Gasteiger partial charge in [-0.3, -0.25) is 9.69 Å². The number of ether oxygens (including phenoxy) is 2. The minimum absolute atomic E-state index is 0. The highest BCUT2D eigenvalue weighted by Crippen LogP contribution is 2.39. The maximum atomic E-state index is 13.2. The lowest BCUT2D eigenvalue weighted by molar-refractivity contribution is -0.114. The molecule has 1 fully saturated rings. The van der Waals surface area contributed by atoms with Gasteiger partial charge in [0.2, 0.25) is 0 Å². The molecule has 4 rings (SSSR count). The van der Waals surface area contributed by atoms with Crippen molar-refractivity contribution in [2.45, 2.75) is 32.6 Å². The number of piperidine rings is 1. The van der Waals surface area contributed by atoms with Crippen molar-refractivity contribution in [3.63, 3.8) is 0 Å². The van der Waals surface area contributed by atoms with Gasteiger partial charge < -0.3 is 14.4 Å². The second kappa shape index (κ2) is 11.8. The SMILES string of the molecule is COc1cc2c(cc1OCCN1CCCCC1)N(C(=O)/C(C)=C/c1ccccc1Cl)CC2.Cl. The van der Waals surface area contributed by atoms with Crippen molar-refractivity contribution in [3.05, 3.63) is 58.1 Å². The van der Waals surface area contributed by atoms with Crippen LogP contribution < -0.4 is 14.4 Å². The van der Waals surface area contributed by atoms with Gasteiger partial charge in [0.25, 0.3) is 5.91 Å². The van der Waals surface area contributed by atoms with E-state index in [1.165, 1.54) is 19.3 Å². The topological polar surface area (TPSA) is 42.0 Å². The van der Waals surface area contributed by atoms with Gasteiger partial charge in [0.05, 0.1) is 12.8 Å². The monoisotopic (exact) mass is 490 g/mol. The fourth-order valence-corrected chi connectivity index (χ4v) is 4.64. The predicted octanol–water partition coefficient (Wildman–Crippen LogP) is 5.63. The van der Waals surface area contributed by atoms with Crippen LogP contribution in [0.4, 0.5) is 5.69 Å². The molecule has 0 saturated carbocycles. The van der Waals surface area contributed by atoms with Gasteiger partial charge in [-0.1, -0.05) is 36.2 Å². The number of rotatable bonds is 7. The zero-order valence-electron chi connectivity index (χ0n) is 19.3. The Morgan fingerprint density at radius 1 is 1.09 bits per heavy atom. The molecule has 0 aliphatic carbocycles. The molecule has 0 radical (unpaired) electrons. The lowest BCUT2D eigenvalue weighted by atomic mass is 10.1. The first-order valence-corrected chi connectivity index (χ1v) is 11.8. The first-order chi connectivity index (χ1) is 15.6. The molecule has 2 aliphatic heterocycles. The number of anilines is 1. The number of halogens is 2. The normalized spacial score (nSPS) is 16.2. The van der Waals surface area contributed by atoms with Crippen molar-refractivity contribution in [1.82, 2.24) is 4.90 Å². The Morgan fingerprint density at radius 2 is 1.85 bits per heavy atom. The number of fused-ring (bicyclic) bond motifs is 1. The quantitative estimate of drug-likeness (QED) is 0.471. The highest BCUT2D eigenvalue weighted by molar-refractivity contribution is 6.32. The summed E-state index contributed by atoms with van der Waals surface area (Å²) in [6.07, 6.45) is 6.50. The van der Waals surface area contributed by atoms with E-state index < -0.39 is 0 Å². The number of carbonyl (C=O) groups excluding carboxylic acids is 1. The summed E-state index contributed by atoms with van der Waals surface area (Å²) in [5, 5.41) is 0.635. The van der Waals surface area contributed by atoms with E-state index in [9.17, 15) is 4.79 Å². The third-order valence-electron chi connectivity index (χ3n) is 6.23. The summed E-state index contributed by atoms with van der Waals surface area (Å²) in [5.41, 5.74) is 3.49. The smallest absolute Gasteiger partial charge is 0.253 e. The molecule has 2 aromatic rings. The molecule has 0 bridgehead atoms. The van der Waals surface area contributed by atoms with Crippen LogP contribution in [-0.2, 0) is 11.2 Å². The molecule has 5 nitrogen and oxygen atoms in total. The van der Waals surface area contributed by atoms with Crippen molar-refractivity contribution in [2.75, 3.05) is 44.8 Å². The van der Waals surface area contributed by atoms with Crippen LogP contribution in [0.5, 0.6) is 11.5 Å². The van der Waals surface area contributed by atoms with Gasteiger partial charge in [0, 0.05) is 29.8 Å². The zero-order chi connectivity index (χ0) is 22.5. The van der Waals surface area contributed by atoms with E-state index in [0.29, 0.717) is 29.5 Å². The number of likely N-dealkylation sites (tertiary alicyclic amines) is 1. The van der Waals surface area contributed by atoms with E-state index in [2.05, 4.69) is 4.90 Å². The fraction of sp³-hybridized carbons (Fsp3) is 0.423. The molecule has 1 amide bonds. The average molecular weight is 491 g/mol. The summed E-state index contributed by atoms with van der Waals surface area (Å²) >= 11 is 6.27. The van der Waals surface area contributed by atoms with Gasteiger partial charge in [-0.2, -0.15) is 0 Å². The Kier molecular flexibility index (Phi) is 9.07. The molecule has 0 N–H and O–H groups in total. The Bertz CT molecular complexity index is 1000. The molecule has 1 saturated heterocycles. The van der Waals surface area contributed by atoms with Crippen LogP contribution in [0.2, 0.25) is 5.02 Å². The number of nitrogens with zero attached hydrogens (tertiary/aromatic N) is 2. The van der Waals surface area contributed by atoms with E-state index in [-0.39, 0.29) is 18.3 Å². The Hall–Kier alpha value is -2.21. The molecule has 178 valence electrons. The van der Waals surface area contributed by atoms with Crippen molar-refractivity contribution in [1.29, 1.82) is 0 Å². The number of benzene rings is 2. The summed E-state index contributed by atoms with van der Waals surface area (Å²) in [6.45, 7) is 6.27. The van der Waals surface area contributed by atoms with E-state index >= 15 is 0 Å². The van der Waals surface area contributed by atoms with Crippen LogP contribution in [0.25, 0.3) is 6.08 Å². The van der Waals surface area contributed by atoms with Gasteiger partial charge in [-0.25, -0.2) is 0 Å². The summed E-state index contributed by atoms with van der Waals surface area (Å²) < 4.78 is 11.7. The molecule has 2 aliphatic rings. The molecule has 0 unspecified atom stereocenters. The van der Waals surface area contributed by atoms with E-state index in [1.54, 1.807) is 7.11 Å². The third kappa shape index (κ3) is 6.03. The number of carbonyl (C=O) groups is 1. The summed E-state index contributed by atoms with van der Waals surface area (Å²) in [4.78, 5) is 17.5. The van der Waals surface area contributed by atoms with Crippen LogP contribution >= 0.6 is 24.0 Å². The molecule has 0 atom stereocenters. The summed E-state index contributed by atoms with van der Waals surface area (Å²) in [5.74, 6) is 1.39. The Morgan fingerprint density at radius 3 is 2.58 bits per heavy atom. The Balaban J connectivity index is 0.00000306. The number of hydrogen-bond acceptors (Lipinski definition) is 4. The zero-order valence-corrected chi connectivity index (χ0v) is 20.9. The minimum Gasteiger partial charge on any atom is -0.493 e. The number of amides is 1. The van der Waals surface area contributed by atoms with Gasteiger partial charge in [-0.15, -0.1) is 12.4 Å². The van der Waals surface area contributed by atoms with Crippen LogP contribution in [0.3, 0.4) is 0 Å². The average Bonchev–Trinajstić information content (AvgIpc) is 3.22. The van der Waals surface area contributed by atoms with E-state index in [4.69, 9.17) is 21.1 Å². The highest BCUT2D eigenvalue weighted by Gasteiger charge is 2.28. The molecular weight excluding hydrogens is 459 g/mol. The lowest BCUT2D eigenvalue weighted by Gasteiger charge is -2.26. The van der Waals surface area contributed by atoms with E-state index in [1.807, 2.05) is 54.3 Å². The minimum atomic E-state index is -0.0203. The second-order valence-corrected chi connectivity index (χ2v) is 8.85. The van der Waals surface area contributed by atoms with Crippen LogP contribution in [-0.4, -0.2) is 50.7 Å². The third-order valence-corrected chi connectivity index (χ3v) is 6.58. The van der Waals surface area contributed by atoms with Gasteiger partial charge in [0.15, 0.2) is 11.5 Å². The first kappa shape index (κ1) is 25.4. The molecule has 0 spiro atoms. The standard InChI is InChI=1S/C26H31ClN2O3.ClH/c1-19(16-20-8-4-5-9-22(20)27)26(30)29-13-10-21-17-24(31-2)25(18-23(21)29)32-15-14-28-11-6-3-7-12-28;/h4-5,8-9,16-18H,3,6-7,10-15H2,1-2H3;1H/b19-16+;. The lowest BCUT2D eigenvalue weighted by Crippen LogP contribution is -2.33. The van der Waals surface area contributed by atoms with Crippen molar-refractivity contribution >= 4 is 41.7 Å². The molecular formula is C26H32Cl2N2O3.